The number of nitrogens with zero attached hydrogens (tertiary/aromatic N) is 3. The second-order valence-corrected chi connectivity index (χ2v) is 2.59. The maximum atomic E-state index is 11.0. The summed E-state index contributed by atoms with van der Waals surface area (Å²) in [6.45, 7) is 0. The van der Waals surface area contributed by atoms with Crippen molar-refractivity contribution >= 4 is 5.82 Å². The molecule has 0 bridgehead atoms. The monoisotopic (exact) mass is 153 g/mol. The summed E-state index contributed by atoms with van der Waals surface area (Å²) in [5.41, 5.74) is -0.0382. The first-order valence-corrected chi connectivity index (χ1v) is 3.31. The highest BCUT2D eigenvalue weighted by atomic mass is 16.1. The van der Waals surface area contributed by atoms with Crippen LogP contribution < -0.4 is 10.5 Å². The van der Waals surface area contributed by atoms with Crippen molar-refractivity contribution in [3.8, 4) is 0 Å². The lowest BCUT2D eigenvalue weighted by atomic mass is 10.5. The van der Waals surface area contributed by atoms with Gasteiger partial charge in [-0.15, -0.1) is 0 Å². The molecule has 0 unspecified atom stereocenters. The molecular weight excluding hydrogens is 142 g/mol. The third kappa shape index (κ3) is 1.58. The predicted octanol–water partition coefficient (Wildman–Crippen LogP) is -0.154. The minimum atomic E-state index is -0.0382. The predicted molar refractivity (Wildman–Crippen MR) is 43.8 cm³/mol. The van der Waals surface area contributed by atoms with Crippen LogP contribution in [0.25, 0.3) is 0 Å². The summed E-state index contributed by atoms with van der Waals surface area (Å²) in [6.07, 6.45) is 1.51. The van der Waals surface area contributed by atoms with E-state index in [0.717, 1.165) is 0 Å². The lowest BCUT2D eigenvalue weighted by molar-refractivity contribution is 0.817. The molecule has 0 saturated carbocycles. The van der Waals surface area contributed by atoms with E-state index in [1.54, 1.807) is 11.9 Å². The summed E-state index contributed by atoms with van der Waals surface area (Å²) >= 11 is 0. The topological polar surface area (TPSA) is 38.1 Å². The van der Waals surface area contributed by atoms with Gasteiger partial charge in [0.2, 0.25) is 0 Å². The third-order valence-corrected chi connectivity index (χ3v) is 1.42. The maximum Gasteiger partial charge on any atom is 0.255 e. The molecule has 60 valence electrons. The minimum Gasteiger partial charge on any atom is -0.363 e. The van der Waals surface area contributed by atoms with E-state index in [0.29, 0.717) is 5.82 Å². The van der Waals surface area contributed by atoms with Crippen molar-refractivity contribution in [2.75, 3.05) is 19.0 Å². The molecule has 0 aliphatic heterocycles. The van der Waals surface area contributed by atoms with E-state index in [9.17, 15) is 4.79 Å². The average molecular weight is 153 g/mol. The number of hydrogen-bond acceptors (Lipinski definition) is 3. The molecular formula is C7H11N3O. The Kier molecular flexibility index (Phi) is 1.94. The summed E-state index contributed by atoms with van der Waals surface area (Å²) < 4.78 is 1.44. The van der Waals surface area contributed by atoms with E-state index >= 15 is 0 Å². The molecule has 1 aromatic rings. The van der Waals surface area contributed by atoms with Gasteiger partial charge in [0.05, 0.1) is 6.33 Å². The van der Waals surface area contributed by atoms with Gasteiger partial charge in [0.15, 0.2) is 0 Å². The van der Waals surface area contributed by atoms with Gasteiger partial charge in [-0.2, -0.15) is 0 Å². The quantitative estimate of drug-likeness (QED) is 0.563. The Morgan fingerprint density at radius 1 is 1.55 bits per heavy atom. The number of anilines is 1. The summed E-state index contributed by atoms with van der Waals surface area (Å²) in [6, 6.07) is 1.50. The summed E-state index contributed by atoms with van der Waals surface area (Å²) in [5, 5.41) is 0. The maximum absolute atomic E-state index is 11.0. The molecule has 4 heteroatoms. The molecule has 0 aliphatic rings. The largest absolute Gasteiger partial charge is 0.363 e. The first-order valence-electron chi connectivity index (χ1n) is 3.31. The average Bonchev–Trinajstić information content (AvgIpc) is 1.94. The van der Waals surface area contributed by atoms with Crippen LogP contribution in [0.2, 0.25) is 0 Å². The van der Waals surface area contributed by atoms with Crippen molar-refractivity contribution in [3.63, 3.8) is 0 Å². The van der Waals surface area contributed by atoms with Crippen LogP contribution >= 0.6 is 0 Å². The molecule has 1 aromatic heterocycles. The fraction of sp³-hybridized carbons (Fsp3) is 0.429. The molecule has 4 nitrogen and oxygen atoms in total. The highest BCUT2D eigenvalue weighted by molar-refractivity contribution is 5.33. The highest BCUT2D eigenvalue weighted by Crippen LogP contribution is 1.98. The van der Waals surface area contributed by atoms with E-state index in [4.69, 9.17) is 0 Å². The van der Waals surface area contributed by atoms with Crippen LogP contribution in [0.4, 0.5) is 5.82 Å². The molecule has 0 amide bonds. The number of hydrogen-bond donors (Lipinski definition) is 0. The van der Waals surface area contributed by atoms with Crippen molar-refractivity contribution < 1.29 is 0 Å². The Hall–Kier alpha value is -1.32. The lowest BCUT2D eigenvalue weighted by Crippen LogP contribution is -2.20. The van der Waals surface area contributed by atoms with Crippen molar-refractivity contribution in [2.45, 2.75) is 0 Å². The number of rotatable bonds is 1. The van der Waals surface area contributed by atoms with Gasteiger partial charge < -0.3 is 9.47 Å². The second-order valence-electron chi connectivity index (χ2n) is 2.59. The fourth-order valence-electron chi connectivity index (χ4n) is 0.697. The SMILES string of the molecule is CN(C)c1cc(=O)n(C)cn1. The normalized spacial score (nSPS) is 9.73. The van der Waals surface area contributed by atoms with Gasteiger partial charge in [-0.05, 0) is 0 Å². The van der Waals surface area contributed by atoms with E-state index < -0.39 is 0 Å². The van der Waals surface area contributed by atoms with E-state index in [1.165, 1.54) is 17.0 Å². The molecule has 1 heterocycles. The number of aryl methyl sites for hydroxylation is 1. The smallest absolute Gasteiger partial charge is 0.255 e. The first kappa shape index (κ1) is 7.78. The molecule has 11 heavy (non-hydrogen) atoms. The molecule has 0 aliphatic carbocycles. The summed E-state index contributed by atoms with van der Waals surface area (Å²) in [7, 11) is 5.37. The van der Waals surface area contributed by atoms with Crippen molar-refractivity contribution in [2.24, 2.45) is 7.05 Å². The van der Waals surface area contributed by atoms with Crippen LogP contribution in [0, 0.1) is 0 Å². The Bertz CT molecular complexity index is 303. The van der Waals surface area contributed by atoms with Crippen LogP contribution in [0.3, 0.4) is 0 Å². The van der Waals surface area contributed by atoms with Crippen LogP contribution in [0.1, 0.15) is 0 Å². The molecule has 1 rings (SSSR count). The zero-order chi connectivity index (χ0) is 8.43. The highest BCUT2D eigenvalue weighted by Gasteiger charge is 1.97. The van der Waals surface area contributed by atoms with Crippen molar-refractivity contribution in [1.29, 1.82) is 0 Å². The zero-order valence-electron chi connectivity index (χ0n) is 6.90. The molecule has 0 saturated heterocycles. The van der Waals surface area contributed by atoms with E-state index in [-0.39, 0.29) is 5.56 Å². The Morgan fingerprint density at radius 3 is 2.64 bits per heavy atom. The molecule has 0 aromatic carbocycles. The lowest BCUT2D eigenvalue weighted by Gasteiger charge is -2.09. The summed E-state index contributed by atoms with van der Waals surface area (Å²) in [4.78, 5) is 16.9. The van der Waals surface area contributed by atoms with Crippen LogP contribution in [-0.2, 0) is 7.05 Å². The third-order valence-electron chi connectivity index (χ3n) is 1.42. The van der Waals surface area contributed by atoms with Crippen LogP contribution in [0.5, 0.6) is 0 Å². The van der Waals surface area contributed by atoms with Crippen molar-refractivity contribution in [3.05, 3.63) is 22.7 Å². The zero-order valence-corrected chi connectivity index (χ0v) is 6.90. The van der Waals surface area contributed by atoms with Gasteiger partial charge >= 0.3 is 0 Å². The van der Waals surface area contributed by atoms with E-state index in [1.807, 2.05) is 14.1 Å². The van der Waals surface area contributed by atoms with Gasteiger partial charge in [-0.25, -0.2) is 4.98 Å². The van der Waals surface area contributed by atoms with Gasteiger partial charge in [0.25, 0.3) is 5.56 Å². The summed E-state index contributed by atoms with van der Waals surface area (Å²) in [5.74, 6) is 0.688. The Labute approximate surface area is 65.1 Å². The standard InChI is InChI=1S/C7H11N3O/c1-9(2)6-4-7(11)10(3)5-8-6/h4-5H,1-3H3. The molecule has 0 spiro atoms. The molecule has 0 radical (unpaired) electrons. The molecule has 0 N–H and O–H groups in total. The van der Waals surface area contributed by atoms with Gasteiger partial charge in [0, 0.05) is 27.2 Å². The number of aromatic nitrogens is 2. The van der Waals surface area contributed by atoms with Crippen LogP contribution in [-0.4, -0.2) is 23.6 Å². The molecule has 0 fully saturated rings. The second kappa shape index (κ2) is 2.74. The van der Waals surface area contributed by atoms with Gasteiger partial charge in [-0.3, -0.25) is 4.79 Å². The minimum absolute atomic E-state index is 0.0382. The van der Waals surface area contributed by atoms with Crippen LogP contribution in [0.15, 0.2) is 17.2 Å². The molecule has 0 atom stereocenters. The first-order chi connectivity index (χ1) is 5.11. The Balaban J connectivity index is 3.16. The Morgan fingerprint density at radius 2 is 2.18 bits per heavy atom. The fourth-order valence-corrected chi connectivity index (χ4v) is 0.697. The van der Waals surface area contributed by atoms with Gasteiger partial charge in [-0.1, -0.05) is 0 Å². The van der Waals surface area contributed by atoms with E-state index in [2.05, 4.69) is 4.98 Å². The van der Waals surface area contributed by atoms with Crippen molar-refractivity contribution in [1.82, 2.24) is 9.55 Å². The van der Waals surface area contributed by atoms with Gasteiger partial charge in [0.1, 0.15) is 5.82 Å².